The minimum Gasteiger partial charge on any atom is -0.508 e. The quantitative estimate of drug-likeness (QED) is 0.238. The Bertz CT molecular complexity index is 1510. The van der Waals surface area contributed by atoms with E-state index in [9.17, 15) is 28.6 Å². The average Bonchev–Trinajstić information content (AvgIpc) is 3.38. The van der Waals surface area contributed by atoms with Crippen LogP contribution in [0.3, 0.4) is 0 Å². The number of hydrogen-bond donors (Lipinski definition) is 2. The number of benzene rings is 3. The molecule has 3 aromatic carbocycles. The summed E-state index contributed by atoms with van der Waals surface area (Å²) in [5, 5.41) is 20.8. The number of rotatable bonds is 4. The van der Waals surface area contributed by atoms with Crippen molar-refractivity contribution >= 4 is 44.1 Å². The number of aliphatic hydroxyl groups excluding tert-OH is 1. The molecule has 176 valence electrons. The summed E-state index contributed by atoms with van der Waals surface area (Å²) in [6, 6.07) is 12.6. The fourth-order valence-electron chi connectivity index (χ4n) is 3.95. The smallest absolute Gasteiger partial charge is 0.301 e. The summed E-state index contributed by atoms with van der Waals surface area (Å²) in [5.41, 5.74) is 0.303. The Morgan fingerprint density at radius 3 is 2.40 bits per heavy atom. The van der Waals surface area contributed by atoms with E-state index < -0.39 is 35.1 Å². The molecule has 4 aromatic rings. The lowest BCUT2D eigenvalue weighted by Crippen LogP contribution is -2.29. The Labute approximate surface area is 201 Å². The number of carbonyl (C=O) groups is 2. The molecule has 0 radical (unpaired) electrons. The topological polar surface area (TPSA) is 100.0 Å². The summed E-state index contributed by atoms with van der Waals surface area (Å²) < 4.78 is 33.3. The van der Waals surface area contributed by atoms with E-state index in [4.69, 9.17) is 4.74 Å². The number of ether oxygens (including phenoxy) is 1. The van der Waals surface area contributed by atoms with E-state index in [2.05, 4.69) is 4.98 Å². The first-order valence-electron chi connectivity index (χ1n) is 10.3. The van der Waals surface area contributed by atoms with Crippen molar-refractivity contribution in [2.75, 3.05) is 12.0 Å². The third kappa shape index (κ3) is 3.77. The highest BCUT2D eigenvalue weighted by Gasteiger charge is 2.48. The van der Waals surface area contributed by atoms with Gasteiger partial charge in [-0.05, 0) is 48.0 Å². The predicted octanol–water partition coefficient (Wildman–Crippen LogP) is 4.92. The Hall–Kier alpha value is -4.31. The number of thiazole rings is 1. The number of phenolic OH excluding ortho intramolecular Hbond substituents is 1. The van der Waals surface area contributed by atoms with Crippen molar-refractivity contribution in [3.8, 4) is 11.5 Å². The molecule has 7 nitrogen and oxygen atoms in total. The van der Waals surface area contributed by atoms with E-state index in [-0.39, 0.29) is 32.2 Å². The molecule has 1 fully saturated rings. The van der Waals surface area contributed by atoms with Crippen LogP contribution in [0.4, 0.5) is 13.9 Å². The Morgan fingerprint density at radius 1 is 1.06 bits per heavy atom. The molecule has 2 N–H and O–H groups in total. The van der Waals surface area contributed by atoms with Crippen LogP contribution in [-0.4, -0.2) is 34.0 Å². The Kier molecular flexibility index (Phi) is 5.45. The van der Waals surface area contributed by atoms with Crippen LogP contribution in [0.15, 0.2) is 66.2 Å². The summed E-state index contributed by atoms with van der Waals surface area (Å²) in [7, 11) is 1.48. The standard InChI is InChI=1S/C25H16F2N2O5S/c1-34-16-8-4-13(5-9-16)22(31)19-21(12-2-6-15(30)7-3-12)29(24(33)23(19)32)25-28-20-17(27)10-14(26)11-18(20)35-25/h2-11,21,30-31H,1H3/b22-19+. The van der Waals surface area contributed by atoms with Gasteiger partial charge in [0.25, 0.3) is 5.78 Å². The summed E-state index contributed by atoms with van der Waals surface area (Å²) >= 11 is 0.836. The second-order valence-corrected chi connectivity index (χ2v) is 8.73. The Balaban J connectivity index is 1.72. The van der Waals surface area contributed by atoms with Gasteiger partial charge in [0.2, 0.25) is 0 Å². The number of anilines is 1. The SMILES string of the molecule is COc1ccc(/C(O)=C2\C(=O)C(=O)N(c3nc4c(F)cc(F)cc4s3)C2c2ccc(O)cc2)cc1. The van der Waals surface area contributed by atoms with Crippen molar-refractivity contribution in [1.29, 1.82) is 0 Å². The first kappa shape index (κ1) is 22.5. The second kappa shape index (κ2) is 8.48. The number of halogens is 2. The van der Waals surface area contributed by atoms with Gasteiger partial charge >= 0.3 is 5.91 Å². The first-order chi connectivity index (χ1) is 16.8. The van der Waals surface area contributed by atoms with Crippen molar-refractivity contribution in [3.63, 3.8) is 0 Å². The summed E-state index contributed by atoms with van der Waals surface area (Å²) in [4.78, 5) is 31.6. The summed E-state index contributed by atoms with van der Waals surface area (Å²) in [6.45, 7) is 0. The maximum absolute atomic E-state index is 14.3. The maximum atomic E-state index is 14.3. The number of aromatic nitrogens is 1. The van der Waals surface area contributed by atoms with Gasteiger partial charge in [-0.2, -0.15) is 0 Å². The fourth-order valence-corrected chi connectivity index (χ4v) is 4.99. The number of ketones is 1. The largest absolute Gasteiger partial charge is 0.508 e. The molecule has 1 atom stereocenters. The van der Waals surface area contributed by atoms with Crippen LogP contribution < -0.4 is 9.64 Å². The van der Waals surface area contributed by atoms with Crippen molar-refractivity contribution in [2.45, 2.75) is 6.04 Å². The molecular weight excluding hydrogens is 478 g/mol. The van der Waals surface area contributed by atoms with Gasteiger partial charge in [-0.15, -0.1) is 0 Å². The van der Waals surface area contributed by atoms with Gasteiger partial charge in [0.15, 0.2) is 10.9 Å². The lowest BCUT2D eigenvalue weighted by Gasteiger charge is -2.23. The molecule has 1 unspecified atom stereocenters. The monoisotopic (exact) mass is 494 g/mol. The number of aliphatic hydroxyl groups is 1. The number of phenols is 1. The number of aromatic hydroxyl groups is 1. The average molecular weight is 494 g/mol. The number of methoxy groups -OCH3 is 1. The van der Waals surface area contributed by atoms with E-state index in [0.29, 0.717) is 17.4 Å². The molecule has 2 heterocycles. The van der Waals surface area contributed by atoms with Crippen molar-refractivity contribution in [3.05, 3.63) is 89.0 Å². The number of nitrogens with zero attached hydrogens (tertiary/aromatic N) is 2. The molecule has 5 rings (SSSR count). The first-order valence-corrected chi connectivity index (χ1v) is 11.1. The molecule has 0 aliphatic carbocycles. The molecule has 0 spiro atoms. The molecule has 1 aromatic heterocycles. The number of amides is 1. The molecule has 0 saturated carbocycles. The van der Waals surface area contributed by atoms with Crippen molar-refractivity contribution < 1.29 is 33.3 Å². The van der Waals surface area contributed by atoms with Crippen LogP contribution in [0.25, 0.3) is 16.0 Å². The number of hydrogen-bond acceptors (Lipinski definition) is 7. The molecule has 1 aliphatic rings. The zero-order valence-corrected chi connectivity index (χ0v) is 18.8. The second-order valence-electron chi connectivity index (χ2n) is 7.72. The number of fused-ring (bicyclic) bond motifs is 1. The van der Waals surface area contributed by atoms with Gasteiger partial charge < -0.3 is 14.9 Å². The lowest BCUT2D eigenvalue weighted by molar-refractivity contribution is -0.132. The Morgan fingerprint density at radius 2 is 1.74 bits per heavy atom. The van der Waals surface area contributed by atoms with Crippen molar-refractivity contribution in [1.82, 2.24) is 4.98 Å². The maximum Gasteiger partial charge on any atom is 0.301 e. The number of carbonyl (C=O) groups excluding carboxylic acids is 2. The highest BCUT2D eigenvalue weighted by molar-refractivity contribution is 7.22. The van der Waals surface area contributed by atoms with Gasteiger partial charge in [-0.1, -0.05) is 23.5 Å². The van der Waals surface area contributed by atoms with E-state index in [0.717, 1.165) is 22.3 Å². The third-order valence-electron chi connectivity index (χ3n) is 5.62. The zero-order valence-electron chi connectivity index (χ0n) is 18.0. The molecule has 1 aliphatic heterocycles. The van der Waals surface area contributed by atoms with Crippen LogP contribution >= 0.6 is 11.3 Å². The zero-order chi connectivity index (χ0) is 24.9. The summed E-state index contributed by atoms with van der Waals surface area (Å²) in [5.74, 6) is -3.61. The molecule has 1 saturated heterocycles. The van der Waals surface area contributed by atoms with E-state index in [1.54, 1.807) is 12.1 Å². The highest BCUT2D eigenvalue weighted by Crippen LogP contribution is 2.44. The van der Waals surface area contributed by atoms with E-state index in [1.165, 1.54) is 43.5 Å². The molecule has 10 heteroatoms. The molecule has 0 bridgehead atoms. The van der Waals surface area contributed by atoms with Crippen LogP contribution in [0.5, 0.6) is 11.5 Å². The fraction of sp³-hybridized carbons (Fsp3) is 0.0800. The van der Waals surface area contributed by atoms with Gasteiger partial charge in [0.1, 0.15) is 28.6 Å². The third-order valence-corrected chi connectivity index (χ3v) is 6.63. The lowest BCUT2D eigenvalue weighted by atomic mass is 9.95. The highest BCUT2D eigenvalue weighted by atomic mass is 32.1. The normalized spacial score (nSPS) is 17.3. The van der Waals surface area contributed by atoms with Crippen LogP contribution in [0.1, 0.15) is 17.2 Å². The van der Waals surface area contributed by atoms with E-state index >= 15 is 0 Å². The van der Waals surface area contributed by atoms with Crippen LogP contribution in [0.2, 0.25) is 0 Å². The van der Waals surface area contributed by atoms with Gasteiger partial charge in [-0.25, -0.2) is 13.8 Å². The van der Waals surface area contributed by atoms with Gasteiger partial charge in [-0.3, -0.25) is 14.5 Å². The minimum absolute atomic E-state index is 0.0431. The molecular formula is C25H16F2N2O5S. The predicted molar refractivity (Wildman–Crippen MR) is 125 cm³/mol. The van der Waals surface area contributed by atoms with Gasteiger partial charge in [0, 0.05) is 11.6 Å². The van der Waals surface area contributed by atoms with Crippen LogP contribution in [0, 0.1) is 11.6 Å². The molecule has 35 heavy (non-hydrogen) atoms. The molecule has 1 amide bonds. The van der Waals surface area contributed by atoms with E-state index in [1.807, 2.05) is 0 Å². The summed E-state index contributed by atoms with van der Waals surface area (Å²) in [6.07, 6.45) is 0. The van der Waals surface area contributed by atoms with Crippen molar-refractivity contribution in [2.24, 2.45) is 0 Å². The van der Waals surface area contributed by atoms with Crippen LogP contribution in [-0.2, 0) is 9.59 Å². The van der Waals surface area contributed by atoms with Gasteiger partial charge in [0.05, 0.1) is 23.4 Å². The number of Topliss-reactive ketones (excluding diaryl/α,β-unsaturated/α-hetero) is 1. The minimum atomic E-state index is -1.13.